The average Bonchev–Trinajstić information content (AvgIpc) is 2.42. The molecule has 4 heteroatoms. The minimum Gasteiger partial charge on any atom is -0.493 e. The molecule has 102 valence electrons. The van der Waals surface area contributed by atoms with Crippen LogP contribution in [0.2, 0.25) is 0 Å². The number of para-hydroxylation sites is 1. The van der Waals surface area contributed by atoms with Gasteiger partial charge >= 0.3 is 0 Å². The molecule has 1 aromatic rings. The molecule has 0 radical (unpaired) electrons. The molecule has 1 unspecified atom stereocenters. The van der Waals surface area contributed by atoms with Crippen molar-refractivity contribution in [2.45, 2.75) is 32.2 Å². The summed E-state index contributed by atoms with van der Waals surface area (Å²) >= 11 is 0. The Bertz CT molecular complexity index is 333. The smallest absolute Gasteiger partial charge is 0.203 e. The second-order valence-electron chi connectivity index (χ2n) is 4.15. The van der Waals surface area contributed by atoms with Crippen LogP contribution in [0.25, 0.3) is 0 Å². The first kappa shape index (κ1) is 14.6. The van der Waals surface area contributed by atoms with Gasteiger partial charge in [-0.05, 0) is 31.4 Å². The zero-order valence-corrected chi connectivity index (χ0v) is 11.4. The normalized spacial score (nSPS) is 12.0. The second kappa shape index (κ2) is 7.82. The van der Waals surface area contributed by atoms with Gasteiger partial charge in [0.05, 0.1) is 20.8 Å². The Morgan fingerprint density at radius 3 is 2.28 bits per heavy atom. The summed E-state index contributed by atoms with van der Waals surface area (Å²) in [6.45, 7) is 2.71. The van der Waals surface area contributed by atoms with Gasteiger partial charge in [-0.15, -0.1) is 0 Å². The van der Waals surface area contributed by atoms with E-state index in [9.17, 15) is 0 Å². The Kier molecular flexibility index (Phi) is 6.36. The number of methoxy groups -OCH3 is 2. The summed E-state index contributed by atoms with van der Waals surface area (Å²) in [6.07, 6.45) is 2.89. The Hall–Kier alpha value is -1.42. The van der Waals surface area contributed by atoms with Crippen molar-refractivity contribution in [1.29, 1.82) is 0 Å². The summed E-state index contributed by atoms with van der Waals surface area (Å²) in [7, 11) is 3.24. The minimum atomic E-state index is 0.258. The van der Waals surface area contributed by atoms with Crippen molar-refractivity contribution in [2.24, 2.45) is 5.73 Å². The maximum absolute atomic E-state index is 5.86. The van der Waals surface area contributed by atoms with E-state index in [0.29, 0.717) is 23.9 Å². The molecular formula is C14H23NO3. The van der Waals surface area contributed by atoms with Gasteiger partial charge in [0.25, 0.3) is 0 Å². The van der Waals surface area contributed by atoms with Crippen molar-refractivity contribution >= 4 is 0 Å². The van der Waals surface area contributed by atoms with Gasteiger partial charge in [0.2, 0.25) is 5.75 Å². The van der Waals surface area contributed by atoms with E-state index < -0.39 is 0 Å². The van der Waals surface area contributed by atoms with Crippen LogP contribution in [0.15, 0.2) is 18.2 Å². The van der Waals surface area contributed by atoms with Gasteiger partial charge in [-0.1, -0.05) is 13.0 Å². The van der Waals surface area contributed by atoms with Crippen LogP contribution >= 0.6 is 0 Å². The highest BCUT2D eigenvalue weighted by Crippen LogP contribution is 2.36. The van der Waals surface area contributed by atoms with Crippen LogP contribution in [0, 0.1) is 0 Å². The van der Waals surface area contributed by atoms with E-state index in [0.717, 1.165) is 19.3 Å². The summed E-state index contributed by atoms with van der Waals surface area (Å²) in [4.78, 5) is 0. The molecule has 0 heterocycles. The lowest BCUT2D eigenvalue weighted by Gasteiger charge is -2.14. The molecule has 0 bridgehead atoms. The third-order valence-electron chi connectivity index (χ3n) is 2.87. The van der Waals surface area contributed by atoms with E-state index in [1.165, 1.54) is 0 Å². The van der Waals surface area contributed by atoms with Crippen LogP contribution in [0.1, 0.15) is 26.2 Å². The van der Waals surface area contributed by atoms with E-state index in [-0.39, 0.29) is 6.04 Å². The van der Waals surface area contributed by atoms with Gasteiger partial charge in [-0.2, -0.15) is 0 Å². The number of hydrogen-bond donors (Lipinski definition) is 1. The third kappa shape index (κ3) is 4.11. The molecule has 4 nitrogen and oxygen atoms in total. The van der Waals surface area contributed by atoms with E-state index >= 15 is 0 Å². The highest BCUT2D eigenvalue weighted by Gasteiger charge is 2.11. The summed E-state index contributed by atoms with van der Waals surface area (Å²) in [5.41, 5.74) is 5.86. The molecule has 0 saturated heterocycles. The summed E-state index contributed by atoms with van der Waals surface area (Å²) in [6, 6.07) is 5.84. The summed E-state index contributed by atoms with van der Waals surface area (Å²) in [5.74, 6) is 2.04. The number of rotatable bonds is 8. The van der Waals surface area contributed by atoms with Crippen LogP contribution in [-0.4, -0.2) is 26.9 Å². The van der Waals surface area contributed by atoms with Crippen molar-refractivity contribution in [1.82, 2.24) is 0 Å². The predicted octanol–water partition coefficient (Wildman–Crippen LogP) is 2.60. The molecule has 0 fully saturated rings. The molecule has 0 aliphatic carbocycles. The molecule has 0 spiro atoms. The van der Waals surface area contributed by atoms with Crippen LogP contribution < -0.4 is 19.9 Å². The number of ether oxygens (including phenoxy) is 3. The average molecular weight is 253 g/mol. The fourth-order valence-corrected chi connectivity index (χ4v) is 1.68. The number of nitrogens with two attached hydrogens (primary N) is 1. The molecule has 18 heavy (non-hydrogen) atoms. The predicted molar refractivity (Wildman–Crippen MR) is 72.5 cm³/mol. The Labute approximate surface area is 109 Å². The molecule has 0 aromatic heterocycles. The van der Waals surface area contributed by atoms with Crippen LogP contribution in [0.5, 0.6) is 17.2 Å². The molecule has 0 aliphatic heterocycles. The van der Waals surface area contributed by atoms with Gasteiger partial charge < -0.3 is 19.9 Å². The van der Waals surface area contributed by atoms with E-state index in [2.05, 4.69) is 6.92 Å². The van der Waals surface area contributed by atoms with Gasteiger partial charge in [-0.3, -0.25) is 0 Å². The molecule has 1 rings (SSSR count). The molecule has 1 atom stereocenters. The van der Waals surface area contributed by atoms with Gasteiger partial charge in [0, 0.05) is 6.04 Å². The molecule has 0 amide bonds. The highest BCUT2D eigenvalue weighted by molar-refractivity contribution is 5.51. The topological polar surface area (TPSA) is 53.7 Å². The zero-order valence-electron chi connectivity index (χ0n) is 11.4. The van der Waals surface area contributed by atoms with E-state index in [1.807, 2.05) is 18.2 Å². The lowest BCUT2D eigenvalue weighted by molar-refractivity contribution is 0.265. The van der Waals surface area contributed by atoms with Crippen molar-refractivity contribution in [2.75, 3.05) is 20.8 Å². The standard InChI is InChI=1S/C14H23NO3/c1-4-11(15)7-6-10-18-14-12(16-2)8-5-9-13(14)17-3/h5,8-9,11H,4,6-7,10,15H2,1-3H3. The quantitative estimate of drug-likeness (QED) is 0.723. The summed E-state index contributed by atoms with van der Waals surface area (Å²) < 4.78 is 16.3. The van der Waals surface area contributed by atoms with Crippen molar-refractivity contribution in [3.63, 3.8) is 0 Å². The van der Waals surface area contributed by atoms with Crippen LogP contribution in [0.4, 0.5) is 0 Å². The Morgan fingerprint density at radius 2 is 1.78 bits per heavy atom. The molecule has 1 aromatic carbocycles. The van der Waals surface area contributed by atoms with Gasteiger partial charge in [0.15, 0.2) is 11.5 Å². The number of hydrogen-bond acceptors (Lipinski definition) is 4. The third-order valence-corrected chi connectivity index (χ3v) is 2.87. The van der Waals surface area contributed by atoms with E-state index in [4.69, 9.17) is 19.9 Å². The van der Waals surface area contributed by atoms with Gasteiger partial charge in [-0.25, -0.2) is 0 Å². The Balaban J connectivity index is 2.55. The van der Waals surface area contributed by atoms with E-state index in [1.54, 1.807) is 14.2 Å². The lowest BCUT2D eigenvalue weighted by atomic mass is 10.1. The molecule has 0 saturated carbocycles. The fourth-order valence-electron chi connectivity index (χ4n) is 1.68. The van der Waals surface area contributed by atoms with Crippen molar-refractivity contribution in [3.05, 3.63) is 18.2 Å². The molecule has 0 aliphatic rings. The van der Waals surface area contributed by atoms with Crippen molar-refractivity contribution in [3.8, 4) is 17.2 Å². The summed E-state index contributed by atoms with van der Waals surface area (Å²) in [5, 5.41) is 0. The SMILES string of the molecule is CCC(N)CCCOc1c(OC)cccc1OC. The highest BCUT2D eigenvalue weighted by atomic mass is 16.5. The van der Waals surface area contributed by atoms with Crippen LogP contribution in [-0.2, 0) is 0 Å². The fraction of sp³-hybridized carbons (Fsp3) is 0.571. The first-order valence-electron chi connectivity index (χ1n) is 6.32. The maximum atomic E-state index is 5.86. The minimum absolute atomic E-state index is 0.258. The monoisotopic (exact) mass is 253 g/mol. The first-order chi connectivity index (χ1) is 8.72. The largest absolute Gasteiger partial charge is 0.493 e. The van der Waals surface area contributed by atoms with Gasteiger partial charge in [0.1, 0.15) is 0 Å². The number of benzene rings is 1. The molecular weight excluding hydrogens is 230 g/mol. The van der Waals surface area contributed by atoms with Crippen LogP contribution in [0.3, 0.4) is 0 Å². The molecule has 2 N–H and O–H groups in total. The lowest BCUT2D eigenvalue weighted by Crippen LogP contribution is -2.19. The Morgan fingerprint density at radius 1 is 1.17 bits per heavy atom. The first-order valence-corrected chi connectivity index (χ1v) is 6.32. The zero-order chi connectivity index (χ0) is 13.4. The maximum Gasteiger partial charge on any atom is 0.203 e. The second-order valence-corrected chi connectivity index (χ2v) is 4.15. The van der Waals surface area contributed by atoms with Crippen molar-refractivity contribution < 1.29 is 14.2 Å².